The summed E-state index contributed by atoms with van der Waals surface area (Å²) in [4.78, 5) is 16.1. The molecule has 0 saturated carbocycles. The Morgan fingerprint density at radius 3 is 3.09 bits per heavy atom. The number of rotatable bonds is 5. The van der Waals surface area contributed by atoms with Gasteiger partial charge >= 0.3 is 0 Å². The molecule has 0 amide bonds. The fourth-order valence-corrected chi connectivity index (χ4v) is 3.58. The molecule has 2 aromatic rings. The van der Waals surface area contributed by atoms with E-state index in [4.69, 9.17) is 4.74 Å². The highest BCUT2D eigenvalue weighted by Gasteiger charge is 2.23. The number of likely N-dealkylation sites (tertiary alicyclic amines) is 1. The second-order valence-corrected chi connectivity index (χ2v) is 6.59. The lowest BCUT2D eigenvalue weighted by Crippen LogP contribution is -2.36. The molecule has 118 valence electrons. The minimum Gasteiger partial charge on any atom is -0.383 e. The van der Waals surface area contributed by atoms with Gasteiger partial charge in [0.15, 0.2) is 0 Å². The van der Waals surface area contributed by atoms with Crippen LogP contribution in [0.5, 0.6) is 0 Å². The molecule has 1 saturated heterocycles. The Hall–Kier alpha value is -1.37. The van der Waals surface area contributed by atoms with Crippen molar-refractivity contribution >= 4 is 11.3 Å². The molecule has 22 heavy (non-hydrogen) atoms. The van der Waals surface area contributed by atoms with E-state index in [2.05, 4.69) is 25.9 Å². The maximum absolute atomic E-state index is 5.20. The average molecular weight is 318 g/mol. The first-order chi connectivity index (χ1) is 10.8. The lowest BCUT2D eigenvalue weighted by atomic mass is 9.94. The number of aryl methyl sites for hydroxylation is 1. The van der Waals surface area contributed by atoms with Crippen LogP contribution in [0, 0.1) is 6.92 Å². The van der Waals surface area contributed by atoms with Crippen LogP contribution in [0.2, 0.25) is 0 Å². The lowest BCUT2D eigenvalue weighted by Gasteiger charge is -2.32. The van der Waals surface area contributed by atoms with Gasteiger partial charge in [-0.05, 0) is 32.4 Å². The third-order valence-corrected chi connectivity index (χ3v) is 4.84. The molecule has 3 rings (SSSR count). The van der Waals surface area contributed by atoms with Gasteiger partial charge in [-0.3, -0.25) is 0 Å². The molecule has 0 radical (unpaired) electrons. The molecular weight excluding hydrogens is 296 g/mol. The number of methoxy groups -OCH3 is 1. The number of thiazole rings is 1. The Kier molecular flexibility index (Phi) is 5.12. The van der Waals surface area contributed by atoms with Crippen LogP contribution in [0.25, 0.3) is 10.7 Å². The second-order valence-electron chi connectivity index (χ2n) is 5.70. The molecular formula is C16H22N4OS. The minimum atomic E-state index is 0.478. The van der Waals surface area contributed by atoms with Crippen molar-refractivity contribution in [1.29, 1.82) is 0 Å². The highest BCUT2D eigenvalue weighted by molar-refractivity contribution is 7.13. The summed E-state index contributed by atoms with van der Waals surface area (Å²) in [5.74, 6) is 1.31. The molecule has 1 fully saturated rings. The number of piperidine rings is 1. The van der Waals surface area contributed by atoms with Crippen LogP contribution in [0.15, 0.2) is 17.6 Å². The number of hydrogen-bond acceptors (Lipinski definition) is 6. The van der Waals surface area contributed by atoms with Gasteiger partial charge in [0.25, 0.3) is 0 Å². The molecule has 5 nitrogen and oxygen atoms in total. The van der Waals surface area contributed by atoms with E-state index in [9.17, 15) is 0 Å². The zero-order valence-corrected chi connectivity index (χ0v) is 14.0. The molecule has 1 aliphatic heterocycles. The predicted molar refractivity (Wildman–Crippen MR) is 88.2 cm³/mol. The van der Waals surface area contributed by atoms with Crippen molar-refractivity contribution in [3.05, 3.63) is 29.2 Å². The van der Waals surface area contributed by atoms with Gasteiger partial charge in [-0.15, -0.1) is 11.3 Å². The molecule has 0 aromatic carbocycles. The maximum Gasteiger partial charge on any atom is 0.141 e. The van der Waals surface area contributed by atoms with Gasteiger partial charge in [-0.25, -0.2) is 15.0 Å². The molecule has 3 heterocycles. The standard InChI is InChI=1S/C16H22N4OS/c1-12-18-14(10-15(19-12)16-17-5-9-22-16)13-4-3-6-20(11-13)7-8-21-2/h5,9-10,13H,3-4,6-8,11H2,1-2H3. The number of ether oxygens (including phenoxy) is 1. The van der Waals surface area contributed by atoms with E-state index in [0.29, 0.717) is 5.92 Å². The number of nitrogens with zero attached hydrogens (tertiary/aromatic N) is 4. The normalized spacial score (nSPS) is 19.5. The lowest BCUT2D eigenvalue weighted by molar-refractivity contribution is 0.127. The Morgan fingerprint density at radius 1 is 1.41 bits per heavy atom. The van der Waals surface area contributed by atoms with Gasteiger partial charge in [-0.2, -0.15) is 0 Å². The van der Waals surface area contributed by atoms with E-state index in [1.54, 1.807) is 18.4 Å². The van der Waals surface area contributed by atoms with E-state index in [0.717, 1.165) is 48.5 Å². The third kappa shape index (κ3) is 3.69. The highest BCUT2D eigenvalue weighted by Crippen LogP contribution is 2.28. The van der Waals surface area contributed by atoms with Gasteiger partial charge in [-0.1, -0.05) is 0 Å². The van der Waals surface area contributed by atoms with Crippen molar-refractivity contribution in [2.45, 2.75) is 25.7 Å². The van der Waals surface area contributed by atoms with Crippen molar-refractivity contribution in [2.75, 3.05) is 33.4 Å². The van der Waals surface area contributed by atoms with Crippen LogP contribution < -0.4 is 0 Å². The van der Waals surface area contributed by atoms with Crippen LogP contribution in [0.3, 0.4) is 0 Å². The third-order valence-electron chi connectivity index (χ3n) is 4.04. The van der Waals surface area contributed by atoms with Crippen molar-refractivity contribution in [1.82, 2.24) is 19.9 Å². The Labute approximate surface area is 135 Å². The van der Waals surface area contributed by atoms with Crippen LogP contribution in [0.4, 0.5) is 0 Å². The van der Waals surface area contributed by atoms with Gasteiger partial charge in [0, 0.05) is 43.4 Å². The van der Waals surface area contributed by atoms with Gasteiger partial charge in [0.05, 0.1) is 6.61 Å². The van der Waals surface area contributed by atoms with E-state index < -0.39 is 0 Å². The van der Waals surface area contributed by atoms with E-state index in [1.165, 1.54) is 12.8 Å². The van der Waals surface area contributed by atoms with Crippen molar-refractivity contribution in [2.24, 2.45) is 0 Å². The first-order valence-electron chi connectivity index (χ1n) is 7.73. The zero-order chi connectivity index (χ0) is 15.4. The van der Waals surface area contributed by atoms with Crippen LogP contribution in [-0.4, -0.2) is 53.2 Å². The van der Waals surface area contributed by atoms with Crippen molar-refractivity contribution in [3.63, 3.8) is 0 Å². The minimum absolute atomic E-state index is 0.478. The molecule has 1 aliphatic rings. The summed E-state index contributed by atoms with van der Waals surface area (Å²) >= 11 is 1.62. The molecule has 0 bridgehead atoms. The van der Waals surface area contributed by atoms with Gasteiger partial charge < -0.3 is 9.64 Å². The summed E-state index contributed by atoms with van der Waals surface area (Å²) in [6, 6.07) is 2.12. The summed E-state index contributed by atoms with van der Waals surface area (Å²) in [6.07, 6.45) is 4.23. The summed E-state index contributed by atoms with van der Waals surface area (Å²) in [6.45, 7) is 5.96. The topological polar surface area (TPSA) is 51.1 Å². The van der Waals surface area contributed by atoms with Crippen molar-refractivity contribution < 1.29 is 4.74 Å². The van der Waals surface area contributed by atoms with Crippen LogP contribution >= 0.6 is 11.3 Å². The summed E-state index contributed by atoms with van der Waals surface area (Å²) in [7, 11) is 1.76. The van der Waals surface area contributed by atoms with Gasteiger partial charge in [0.1, 0.15) is 16.5 Å². The van der Waals surface area contributed by atoms with Crippen LogP contribution in [-0.2, 0) is 4.74 Å². The second kappa shape index (κ2) is 7.26. The molecule has 0 aliphatic carbocycles. The monoisotopic (exact) mass is 318 g/mol. The zero-order valence-electron chi connectivity index (χ0n) is 13.2. The molecule has 1 unspecified atom stereocenters. The summed E-state index contributed by atoms with van der Waals surface area (Å²) in [5.41, 5.74) is 2.10. The smallest absolute Gasteiger partial charge is 0.141 e. The number of aromatic nitrogens is 3. The largest absolute Gasteiger partial charge is 0.383 e. The first kappa shape index (κ1) is 15.5. The van der Waals surface area contributed by atoms with E-state index in [-0.39, 0.29) is 0 Å². The molecule has 0 spiro atoms. The fraction of sp³-hybridized carbons (Fsp3) is 0.562. The summed E-state index contributed by atoms with van der Waals surface area (Å²) < 4.78 is 5.20. The molecule has 0 N–H and O–H groups in total. The van der Waals surface area contributed by atoms with Crippen LogP contribution in [0.1, 0.15) is 30.3 Å². The average Bonchev–Trinajstić information content (AvgIpc) is 3.07. The van der Waals surface area contributed by atoms with E-state index >= 15 is 0 Å². The maximum atomic E-state index is 5.20. The van der Waals surface area contributed by atoms with E-state index in [1.807, 2.05) is 18.5 Å². The summed E-state index contributed by atoms with van der Waals surface area (Å²) in [5, 5.41) is 2.96. The predicted octanol–water partition coefficient (Wildman–Crippen LogP) is 2.73. The SMILES string of the molecule is COCCN1CCCC(c2cc(-c3nccs3)nc(C)n2)C1. The molecule has 1 atom stereocenters. The number of hydrogen-bond donors (Lipinski definition) is 0. The Bertz CT molecular complexity index is 602. The van der Waals surface area contributed by atoms with Gasteiger partial charge in [0.2, 0.25) is 0 Å². The van der Waals surface area contributed by atoms with Crippen molar-refractivity contribution in [3.8, 4) is 10.7 Å². The Balaban J connectivity index is 1.79. The highest BCUT2D eigenvalue weighted by atomic mass is 32.1. The molecule has 6 heteroatoms. The quantitative estimate of drug-likeness (QED) is 0.848. The Morgan fingerprint density at radius 2 is 2.32 bits per heavy atom. The first-order valence-corrected chi connectivity index (χ1v) is 8.61. The fourth-order valence-electron chi connectivity index (χ4n) is 2.98. The molecule has 2 aromatic heterocycles.